The maximum absolute atomic E-state index is 11.6. The normalized spacial score (nSPS) is 30.5. The van der Waals surface area contributed by atoms with Crippen molar-refractivity contribution in [3.63, 3.8) is 0 Å². The number of carbonyl (C=O) groups is 1. The minimum absolute atomic E-state index is 0.466. The summed E-state index contributed by atoms with van der Waals surface area (Å²) >= 11 is 0. The number of aliphatic hydroxyl groups is 3. The van der Waals surface area contributed by atoms with Gasteiger partial charge in [-0.3, -0.25) is 10.0 Å². The van der Waals surface area contributed by atoms with Crippen LogP contribution in [0.2, 0.25) is 0 Å². The summed E-state index contributed by atoms with van der Waals surface area (Å²) in [5.74, 6) is -0.973. The fourth-order valence-electron chi connectivity index (χ4n) is 2.25. The first-order valence-corrected chi connectivity index (χ1v) is 6.97. The predicted octanol–water partition coefficient (Wildman–Crippen LogP) is -2.46. The van der Waals surface area contributed by atoms with E-state index in [9.17, 15) is 30.1 Å². The van der Waals surface area contributed by atoms with Crippen molar-refractivity contribution >= 4 is 5.97 Å². The largest absolute Gasteiger partial charge is 0.762 e. The minimum Gasteiger partial charge on any atom is -0.762 e. The van der Waals surface area contributed by atoms with Crippen LogP contribution in [-0.4, -0.2) is 74.0 Å². The van der Waals surface area contributed by atoms with Crippen molar-refractivity contribution in [1.29, 1.82) is 0 Å². The number of rotatable bonds is 6. The van der Waals surface area contributed by atoms with Crippen LogP contribution in [0.3, 0.4) is 0 Å². The van der Waals surface area contributed by atoms with Crippen LogP contribution >= 0.6 is 0 Å². The molecule has 1 aromatic rings. The monoisotopic (exact) mass is 349 g/mol. The summed E-state index contributed by atoms with van der Waals surface area (Å²) in [7, 11) is 0. The number of hydrogen-bond acceptors (Lipinski definition) is 11. The molecule has 136 valence electrons. The Balaban J connectivity index is 2.14. The maximum Gasteiger partial charge on any atom is 0.357 e. The molecule has 0 aliphatic carbocycles. The lowest BCUT2D eigenvalue weighted by atomic mass is 9.98. The Hall–Kier alpha value is -1.80. The quantitative estimate of drug-likeness (QED) is 0.316. The van der Waals surface area contributed by atoms with Crippen molar-refractivity contribution < 1.29 is 39.3 Å². The molecule has 0 saturated carbocycles. The van der Waals surface area contributed by atoms with E-state index in [1.54, 1.807) is 0 Å². The van der Waals surface area contributed by atoms with Crippen molar-refractivity contribution in [1.82, 2.24) is 9.97 Å². The summed E-state index contributed by atoms with van der Waals surface area (Å²) in [6, 6.07) is 1.06. The Labute approximate surface area is 134 Å². The molecule has 4 N–H and O–H groups in total. The first-order valence-electron chi connectivity index (χ1n) is 6.97. The van der Waals surface area contributed by atoms with Crippen molar-refractivity contribution in [3.8, 4) is 0 Å². The number of aliphatic hydroxyl groups excluding tert-OH is 3. The molecule has 2 heterocycles. The molecule has 0 spiro atoms. The van der Waals surface area contributed by atoms with Crippen molar-refractivity contribution in [2.75, 3.05) is 13.2 Å². The van der Waals surface area contributed by atoms with Crippen LogP contribution in [-0.2, 0) is 14.3 Å². The van der Waals surface area contributed by atoms with Gasteiger partial charge in [0.15, 0.2) is 12.3 Å². The van der Waals surface area contributed by atoms with E-state index in [-0.39, 0.29) is 0 Å². The molecule has 0 aromatic carbocycles. The van der Waals surface area contributed by atoms with Gasteiger partial charge < -0.3 is 39.7 Å². The molecule has 1 aliphatic rings. The van der Waals surface area contributed by atoms with Crippen LogP contribution < -0.4 is 5.63 Å². The molecule has 0 radical (unpaired) electrons. The zero-order chi connectivity index (χ0) is 17.9. The number of ether oxygens (including phenoxy) is 2. The van der Waals surface area contributed by atoms with Crippen LogP contribution in [0.4, 0.5) is 0 Å². The highest BCUT2D eigenvalue weighted by Gasteiger charge is 2.48. The lowest BCUT2D eigenvalue weighted by molar-refractivity contribution is -0.269. The number of aromatic nitrogens is 1. The topological polar surface area (TPSA) is 178 Å². The third-order valence-electron chi connectivity index (χ3n) is 3.42. The van der Waals surface area contributed by atoms with E-state index >= 15 is 0 Å². The van der Waals surface area contributed by atoms with Crippen molar-refractivity contribution in [2.45, 2.75) is 37.1 Å². The highest BCUT2D eigenvalue weighted by molar-refractivity contribution is 5.69. The first kappa shape index (κ1) is 18.5. The number of hydroxylamine groups is 2. The Bertz CT molecular complexity index is 599. The Kier molecular flexibility index (Phi) is 6.06. The predicted molar refractivity (Wildman–Crippen MR) is 72.3 cm³/mol. The molecule has 1 saturated heterocycles. The molecule has 24 heavy (non-hydrogen) atoms. The molecule has 12 nitrogen and oxygen atoms in total. The fraction of sp³-hybridized carbons (Fsp3) is 0.667. The number of hydrogen-bond donors (Lipinski definition) is 4. The third kappa shape index (κ3) is 4.18. The van der Waals surface area contributed by atoms with Crippen LogP contribution in [0.5, 0.6) is 0 Å². The lowest BCUT2D eigenvalue weighted by Crippen LogP contribution is -2.58. The maximum atomic E-state index is 11.6. The van der Waals surface area contributed by atoms with Crippen LogP contribution in [0.15, 0.2) is 21.6 Å². The molecule has 2 rings (SSSR count). The average molecular weight is 349 g/mol. The number of esters is 1. The molecule has 5 unspecified atom stereocenters. The average Bonchev–Trinajstić information content (AvgIpc) is 2.96. The van der Waals surface area contributed by atoms with Gasteiger partial charge in [0.05, 0.1) is 13.0 Å². The summed E-state index contributed by atoms with van der Waals surface area (Å²) in [4.78, 5) is 22.7. The van der Waals surface area contributed by atoms with E-state index < -0.39 is 67.0 Å². The SMILES string of the molecule is O=C(CCN([O-])O)OC1C(O)C(CO)OC(n2ccc(=O)o2)C1O. The molecule has 5 atom stereocenters. The summed E-state index contributed by atoms with van der Waals surface area (Å²) in [5, 5.41) is 47.9. The van der Waals surface area contributed by atoms with Gasteiger partial charge in [0.1, 0.15) is 18.3 Å². The zero-order valence-corrected chi connectivity index (χ0v) is 12.3. The Morgan fingerprint density at radius 1 is 1.42 bits per heavy atom. The van der Waals surface area contributed by atoms with Gasteiger partial charge >= 0.3 is 11.6 Å². The Morgan fingerprint density at radius 2 is 2.12 bits per heavy atom. The molecule has 1 aliphatic heterocycles. The molecular weight excluding hydrogens is 332 g/mol. The van der Waals surface area contributed by atoms with Gasteiger partial charge in [0.25, 0.3) is 0 Å². The number of nitrogens with zero attached hydrogens (tertiary/aromatic N) is 2. The van der Waals surface area contributed by atoms with Crippen LogP contribution in [0.1, 0.15) is 12.6 Å². The fourth-order valence-corrected chi connectivity index (χ4v) is 2.25. The Morgan fingerprint density at radius 3 is 2.67 bits per heavy atom. The summed E-state index contributed by atoms with van der Waals surface area (Å²) in [5.41, 5.74) is -0.718. The molecule has 0 amide bonds. The van der Waals surface area contributed by atoms with Gasteiger partial charge in [-0.25, -0.2) is 4.79 Å². The van der Waals surface area contributed by atoms with Gasteiger partial charge in [0, 0.05) is 18.8 Å². The molecule has 12 heteroatoms. The highest BCUT2D eigenvalue weighted by atomic mass is 16.8. The lowest BCUT2D eigenvalue weighted by Gasteiger charge is -2.41. The second-order valence-electron chi connectivity index (χ2n) is 5.10. The van der Waals surface area contributed by atoms with E-state index in [1.807, 2.05) is 0 Å². The number of carbonyl (C=O) groups excluding carboxylic acids is 1. The van der Waals surface area contributed by atoms with Crippen LogP contribution in [0, 0.1) is 5.21 Å². The third-order valence-corrected chi connectivity index (χ3v) is 3.42. The van der Waals surface area contributed by atoms with E-state index in [0.717, 1.165) is 10.8 Å². The first-order chi connectivity index (χ1) is 11.3. The van der Waals surface area contributed by atoms with E-state index in [1.165, 1.54) is 6.20 Å². The second kappa shape index (κ2) is 7.85. The van der Waals surface area contributed by atoms with Gasteiger partial charge in [-0.15, -0.1) is 0 Å². The van der Waals surface area contributed by atoms with Gasteiger partial charge in [0.2, 0.25) is 0 Å². The second-order valence-corrected chi connectivity index (χ2v) is 5.10. The van der Waals surface area contributed by atoms with Gasteiger partial charge in [-0.2, -0.15) is 4.74 Å². The van der Waals surface area contributed by atoms with Gasteiger partial charge in [-0.1, -0.05) is 0 Å². The van der Waals surface area contributed by atoms with E-state index in [4.69, 9.17) is 19.2 Å². The van der Waals surface area contributed by atoms with Crippen LogP contribution in [0.25, 0.3) is 0 Å². The zero-order valence-electron chi connectivity index (χ0n) is 12.3. The minimum atomic E-state index is -1.63. The van der Waals surface area contributed by atoms with Crippen molar-refractivity contribution in [2.24, 2.45) is 0 Å². The summed E-state index contributed by atoms with van der Waals surface area (Å²) in [6.07, 6.45) is -6.59. The van der Waals surface area contributed by atoms with Gasteiger partial charge in [-0.05, 0) is 0 Å². The highest BCUT2D eigenvalue weighted by Crippen LogP contribution is 2.30. The molecule has 1 aromatic heterocycles. The molecule has 0 bridgehead atoms. The van der Waals surface area contributed by atoms with E-state index in [0.29, 0.717) is 0 Å². The standard InChI is InChI=1S/C12H17N2O10/c15-5-6-9(18)11(23-7(16)2-4-14(20)21)10(19)12(22-6)13-3-1-8(17)24-13/h1,3,6,9-12,15,18-20H,2,4-5H2/q-1. The van der Waals surface area contributed by atoms with E-state index in [2.05, 4.69) is 0 Å². The summed E-state index contributed by atoms with van der Waals surface area (Å²) < 4.78 is 15.8. The molecular formula is C12H17N2O10-. The smallest absolute Gasteiger partial charge is 0.357 e. The molecule has 1 fully saturated rings. The summed E-state index contributed by atoms with van der Waals surface area (Å²) in [6.45, 7) is -1.22. The van der Waals surface area contributed by atoms with Crippen molar-refractivity contribution in [3.05, 3.63) is 27.9 Å².